The average Bonchev–Trinajstić information content (AvgIpc) is 2.80. The maximum absolute atomic E-state index is 5.86. The Labute approximate surface area is 116 Å². The lowest BCUT2D eigenvalue weighted by molar-refractivity contribution is 0.268. The Morgan fingerprint density at radius 3 is 2.95 bits per heavy atom. The fraction of sp³-hybridized carbons (Fsp3) is 0.500. The Hall–Kier alpha value is -1.32. The molecule has 3 heteroatoms. The van der Waals surface area contributed by atoms with Crippen LogP contribution in [0.5, 0.6) is 5.75 Å². The number of hydrogen-bond acceptors (Lipinski definition) is 3. The van der Waals surface area contributed by atoms with E-state index in [1.807, 2.05) is 12.1 Å². The van der Waals surface area contributed by atoms with Gasteiger partial charge in [-0.3, -0.25) is 4.90 Å². The van der Waals surface area contributed by atoms with Crippen molar-refractivity contribution in [2.45, 2.75) is 19.9 Å². The number of likely N-dealkylation sites (tertiary alicyclic amines) is 1. The van der Waals surface area contributed by atoms with Crippen LogP contribution in [-0.2, 0) is 6.54 Å². The zero-order valence-corrected chi connectivity index (χ0v) is 11.8. The molecule has 0 bridgehead atoms. The highest BCUT2D eigenvalue weighted by Gasteiger charge is 2.32. The quantitative estimate of drug-likeness (QED) is 0.798. The van der Waals surface area contributed by atoms with E-state index in [0.717, 1.165) is 31.9 Å². The topological polar surface area (TPSA) is 38.5 Å². The Bertz CT molecular complexity index is 433. The van der Waals surface area contributed by atoms with E-state index >= 15 is 0 Å². The van der Waals surface area contributed by atoms with Gasteiger partial charge < -0.3 is 10.5 Å². The molecule has 104 valence electrons. The van der Waals surface area contributed by atoms with Crippen molar-refractivity contribution < 1.29 is 4.74 Å². The molecule has 0 spiro atoms. The van der Waals surface area contributed by atoms with E-state index in [-0.39, 0.29) is 5.41 Å². The third-order valence-corrected chi connectivity index (χ3v) is 3.85. The molecule has 0 radical (unpaired) electrons. The van der Waals surface area contributed by atoms with Crippen LogP contribution in [0.1, 0.15) is 18.9 Å². The molecule has 1 atom stereocenters. The number of rotatable bonds is 6. The minimum atomic E-state index is 0.275. The summed E-state index contributed by atoms with van der Waals surface area (Å²) in [6, 6.07) is 8.23. The van der Waals surface area contributed by atoms with Gasteiger partial charge in [-0.15, -0.1) is 0 Å². The van der Waals surface area contributed by atoms with Crippen molar-refractivity contribution in [1.82, 2.24) is 4.90 Å². The normalized spacial score (nSPS) is 23.5. The summed E-state index contributed by atoms with van der Waals surface area (Å²) in [4.78, 5) is 2.46. The summed E-state index contributed by atoms with van der Waals surface area (Å²) >= 11 is 0. The van der Waals surface area contributed by atoms with Crippen LogP contribution in [0.2, 0.25) is 0 Å². The molecule has 1 aliphatic heterocycles. The lowest BCUT2D eigenvalue weighted by atomic mass is 9.90. The van der Waals surface area contributed by atoms with Crippen molar-refractivity contribution in [3.8, 4) is 5.75 Å². The third-order valence-electron chi connectivity index (χ3n) is 3.85. The van der Waals surface area contributed by atoms with Crippen LogP contribution in [0, 0.1) is 5.41 Å². The molecule has 0 aliphatic carbocycles. The third kappa shape index (κ3) is 3.58. The van der Waals surface area contributed by atoms with Crippen LogP contribution in [-0.4, -0.2) is 31.1 Å². The second-order valence-corrected chi connectivity index (χ2v) is 5.68. The lowest BCUT2D eigenvalue weighted by Crippen LogP contribution is -2.31. The largest absolute Gasteiger partial charge is 0.489 e. The van der Waals surface area contributed by atoms with Crippen LogP contribution in [0.15, 0.2) is 36.9 Å². The van der Waals surface area contributed by atoms with Crippen molar-refractivity contribution in [3.63, 3.8) is 0 Å². The summed E-state index contributed by atoms with van der Waals surface area (Å²) in [7, 11) is 0. The van der Waals surface area contributed by atoms with Gasteiger partial charge in [0.25, 0.3) is 0 Å². The SMILES string of the molecule is C=CCOc1ccccc1CN1CCC(C)(CN)C1. The van der Waals surface area contributed by atoms with Gasteiger partial charge in [0, 0.05) is 18.7 Å². The van der Waals surface area contributed by atoms with Crippen LogP contribution < -0.4 is 10.5 Å². The van der Waals surface area contributed by atoms with Gasteiger partial charge >= 0.3 is 0 Å². The van der Waals surface area contributed by atoms with Crippen LogP contribution in [0.3, 0.4) is 0 Å². The highest BCUT2D eigenvalue weighted by atomic mass is 16.5. The van der Waals surface area contributed by atoms with Crippen molar-refractivity contribution in [2.75, 3.05) is 26.2 Å². The summed E-state index contributed by atoms with van der Waals surface area (Å²) in [5.74, 6) is 0.962. The van der Waals surface area contributed by atoms with Gasteiger partial charge in [0.05, 0.1) is 0 Å². The van der Waals surface area contributed by atoms with E-state index < -0.39 is 0 Å². The van der Waals surface area contributed by atoms with Crippen molar-refractivity contribution in [3.05, 3.63) is 42.5 Å². The second-order valence-electron chi connectivity index (χ2n) is 5.68. The van der Waals surface area contributed by atoms with Crippen molar-refractivity contribution in [2.24, 2.45) is 11.1 Å². The molecule has 1 aromatic carbocycles. The zero-order chi connectivity index (χ0) is 13.7. The Morgan fingerprint density at radius 2 is 2.26 bits per heavy atom. The van der Waals surface area contributed by atoms with Crippen LogP contribution in [0.4, 0.5) is 0 Å². The molecule has 0 saturated carbocycles. The number of ether oxygens (including phenoxy) is 1. The van der Waals surface area contributed by atoms with Gasteiger partial charge in [0.2, 0.25) is 0 Å². The van der Waals surface area contributed by atoms with Gasteiger partial charge in [-0.2, -0.15) is 0 Å². The maximum atomic E-state index is 5.86. The van der Waals surface area contributed by atoms with Gasteiger partial charge in [-0.25, -0.2) is 0 Å². The molecule has 0 amide bonds. The number of para-hydroxylation sites is 1. The summed E-state index contributed by atoms with van der Waals surface area (Å²) in [5, 5.41) is 0. The van der Waals surface area contributed by atoms with E-state index in [0.29, 0.717) is 6.61 Å². The Kier molecular flexibility index (Phi) is 4.61. The second kappa shape index (κ2) is 6.22. The van der Waals surface area contributed by atoms with E-state index in [9.17, 15) is 0 Å². The van der Waals surface area contributed by atoms with E-state index in [4.69, 9.17) is 10.5 Å². The Balaban J connectivity index is 2.01. The van der Waals surface area contributed by atoms with Gasteiger partial charge in [-0.1, -0.05) is 37.8 Å². The average molecular weight is 260 g/mol. The maximum Gasteiger partial charge on any atom is 0.124 e. The number of hydrogen-bond donors (Lipinski definition) is 1. The molecule has 1 aliphatic rings. The standard InChI is InChI=1S/C16H24N2O/c1-3-10-19-15-7-5-4-6-14(15)11-18-9-8-16(2,12-17)13-18/h3-7H,1,8-13,17H2,2H3. The first-order chi connectivity index (χ1) is 9.17. The number of benzene rings is 1. The van der Waals surface area contributed by atoms with Crippen LogP contribution >= 0.6 is 0 Å². The van der Waals surface area contributed by atoms with Crippen molar-refractivity contribution >= 4 is 0 Å². The molecule has 1 aromatic rings. The molecule has 19 heavy (non-hydrogen) atoms. The molecule has 1 heterocycles. The molecule has 2 N–H and O–H groups in total. The predicted octanol–water partition coefficient (Wildman–Crippen LogP) is 2.42. The van der Waals surface area contributed by atoms with Gasteiger partial charge in [0.15, 0.2) is 0 Å². The van der Waals surface area contributed by atoms with E-state index in [2.05, 4.69) is 30.5 Å². The van der Waals surface area contributed by atoms with Crippen LogP contribution in [0.25, 0.3) is 0 Å². The first kappa shape index (κ1) is 14.1. The molecular weight excluding hydrogens is 236 g/mol. The monoisotopic (exact) mass is 260 g/mol. The molecule has 1 fully saturated rings. The first-order valence-electron chi connectivity index (χ1n) is 6.91. The lowest BCUT2D eigenvalue weighted by Gasteiger charge is -2.23. The highest BCUT2D eigenvalue weighted by molar-refractivity contribution is 5.33. The summed E-state index contributed by atoms with van der Waals surface area (Å²) in [6.45, 7) is 10.4. The van der Waals surface area contributed by atoms with Gasteiger partial charge in [-0.05, 0) is 31.0 Å². The number of nitrogens with two attached hydrogens (primary N) is 1. The Morgan fingerprint density at radius 1 is 1.47 bits per heavy atom. The molecule has 0 aromatic heterocycles. The smallest absolute Gasteiger partial charge is 0.124 e. The minimum Gasteiger partial charge on any atom is -0.489 e. The highest BCUT2D eigenvalue weighted by Crippen LogP contribution is 2.30. The summed E-state index contributed by atoms with van der Waals surface area (Å²) in [5.41, 5.74) is 7.37. The van der Waals surface area contributed by atoms with Gasteiger partial charge in [0.1, 0.15) is 12.4 Å². The zero-order valence-electron chi connectivity index (χ0n) is 11.8. The molecular formula is C16H24N2O. The molecule has 3 nitrogen and oxygen atoms in total. The van der Waals surface area contributed by atoms with E-state index in [1.165, 1.54) is 12.0 Å². The van der Waals surface area contributed by atoms with Crippen molar-refractivity contribution in [1.29, 1.82) is 0 Å². The predicted molar refractivity (Wildman–Crippen MR) is 79.2 cm³/mol. The van der Waals surface area contributed by atoms with E-state index in [1.54, 1.807) is 6.08 Å². The minimum absolute atomic E-state index is 0.275. The fourth-order valence-corrected chi connectivity index (χ4v) is 2.59. The summed E-state index contributed by atoms with van der Waals surface area (Å²) < 4.78 is 5.71. The fourth-order valence-electron chi connectivity index (χ4n) is 2.59. The molecule has 2 rings (SSSR count). The summed E-state index contributed by atoms with van der Waals surface area (Å²) in [6.07, 6.45) is 2.96. The number of nitrogens with zero attached hydrogens (tertiary/aromatic N) is 1. The molecule has 1 saturated heterocycles. The molecule has 1 unspecified atom stereocenters. The first-order valence-corrected chi connectivity index (χ1v) is 6.91.